The minimum atomic E-state index is -0.446. The summed E-state index contributed by atoms with van der Waals surface area (Å²) in [5.74, 6) is 1.05. The molecule has 1 saturated carbocycles. The predicted molar refractivity (Wildman–Crippen MR) is 88.2 cm³/mol. The van der Waals surface area contributed by atoms with Gasteiger partial charge in [0, 0.05) is 11.8 Å². The van der Waals surface area contributed by atoms with Crippen molar-refractivity contribution in [3.8, 4) is 5.75 Å². The molecule has 0 saturated heterocycles. The van der Waals surface area contributed by atoms with Crippen molar-refractivity contribution in [2.45, 2.75) is 39.0 Å². The van der Waals surface area contributed by atoms with E-state index in [1.54, 1.807) is 7.11 Å². The smallest absolute Gasteiger partial charge is 0.205 e. The Labute approximate surface area is 136 Å². The van der Waals surface area contributed by atoms with E-state index in [-0.39, 0.29) is 23.4 Å². The second kappa shape index (κ2) is 5.05. The number of fused-ring (bicyclic) bond motifs is 5. The first-order valence-corrected chi connectivity index (χ1v) is 8.56. The third-order valence-corrected chi connectivity index (χ3v) is 6.37. The number of benzene rings is 1. The van der Waals surface area contributed by atoms with Gasteiger partial charge in [0.25, 0.3) is 0 Å². The Morgan fingerprint density at radius 1 is 1.30 bits per heavy atom. The first-order valence-electron chi connectivity index (χ1n) is 8.56. The molecule has 0 aliphatic heterocycles. The molecular formula is C20H22O3. The monoisotopic (exact) mass is 310 g/mol. The van der Waals surface area contributed by atoms with E-state index in [9.17, 15) is 9.59 Å². The Hall–Kier alpha value is -1.90. The average molecular weight is 310 g/mol. The zero-order chi connectivity index (χ0) is 16.2. The van der Waals surface area contributed by atoms with Crippen LogP contribution in [0.1, 0.15) is 43.7 Å². The van der Waals surface area contributed by atoms with Crippen LogP contribution >= 0.6 is 0 Å². The molecule has 3 heteroatoms. The van der Waals surface area contributed by atoms with Crippen LogP contribution in [0, 0.1) is 17.3 Å². The maximum Gasteiger partial charge on any atom is 0.205 e. The van der Waals surface area contributed by atoms with Crippen LogP contribution in [0.5, 0.6) is 5.75 Å². The molecule has 0 heterocycles. The van der Waals surface area contributed by atoms with E-state index in [1.807, 2.05) is 6.07 Å². The second-order valence-electron chi connectivity index (χ2n) is 7.06. The van der Waals surface area contributed by atoms with E-state index in [1.165, 1.54) is 16.7 Å². The number of methoxy groups -OCH3 is 1. The van der Waals surface area contributed by atoms with Crippen LogP contribution in [0.4, 0.5) is 0 Å². The number of ether oxygens (including phenoxy) is 1. The number of carbonyl (C=O) groups is 2. The molecule has 0 unspecified atom stereocenters. The minimum absolute atomic E-state index is 0.0995. The summed E-state index contributed by atoms with van der Waals surface area (Å²) in [5, 5.41) is 0. The van der Waals surface area contributed by atoms with E-state index >= 15 is 0 Å². The van der Waals surface area contributed by atoms with Gasteiger partial charge in [0.15, 0.2) is 5.78 Å². The van der Waals surface area contributed by atoms with Gasteiger partial charge < -0.3 is 4.74 Å². The third kappa shape index (κ3) is 1.82. The molecule has 0 spiro atoms. The van der Waals surface area contributed by atoms with Gasteiger partial charge in [0.1, 0.15) is 5.75 Å². The van der Waals surface area contributed by atoms with Crippen LogP contribution in [-0.2, 0) is 16.0 Å². The van der Waals surface area contributed by atoms with Crippen molar-refractivity contribution in [1.29, 1.82) is 0 Å². The topological polar surface area (TPSA) is 43.4 Å². The Morgan fingerprint density at radius 3 is 2.87 bits per heavy atom. The van der Waals surface area contributed by atoms with Crippen molar-refractivity contribution in [1.82, 2.24) is 0 Å². The molecule has 3 nitrogen and oxygen atoms in total. The number of allylic oxidation sites excluding steroid dienone is 2. The van der Waals surface area contributed by atoms with E-state index in [4.69, 9.17) is 4.74 Å². The lowest BCUT2D eigenvalue weighted by Gasteiger charge is -2.46. The largest absolute Gasteiger partial charge is 0.497 e. The van der Waals surface area contributed by atoms with E-state index < -0.39 is 5.41 Å². The molecule has 0 aromatic heterocycles. The summed E-state index contributed by atoms with van der Waals surface area (Å²) in [6.45, 7) is 2.08. The summed E-state index contributed by atoms with van der Waals surface area (Å²) in [6, 6.07) is 6.23. The maximum atomic E-state index is 12.8. The van der Waals surface area contributed by atoms with E-state index in [0.717, 1.165) is 31.4 Å². The number of hydrogen-bond acceptors (Lipinski definition) is 3. The van der Waals surface area contributed by atoms with Crippen molar-refractivity contribution in [2.75, 3.05) is 7.11 Å². The average Bonchev–Trinajstić information content (AvgIpc) is 2.85. The lowest BCUT2D eigenvalue weighted by molar-refractivity contribution is -0.140. The zero-order valence-corrected chi connectivity index (χ0v) is 13.7. The molecule has 1 aromatic carbocycles. The normalized spacial score (nSPS) is 32.0. The van der Waals surface area contributed by atoms with Crippen LogP contribution in [0.15, 0.2) is 24.3 Å². The fourth-order valence-corrected chi connectivity index (χ4v) is 5.26. The highest BCUT2D eigenvalue weighted by Crippen LogP contribution is 2.59. The molecule has 0 bridgehead atoms. The third-order valence-electron chi connectivity index (χ3n) is 6.37. The van der Waals surface area contributed by atoms with Crippen LogP contribution < -0.4 is 4.74 Å². The number of rotatable bonds is 2. The van der Waals surface area contributed by atoms with Gasteiger partial charge in [-0.25, -0.2) is 0 Å². The van der Waals surface area contributed by atoms with Crippen LogP contribution in [-0.4, -0.2) is 18.7 Å². The predicted octanol–water partition coefficient (Wildman–Crippen LogP) is 3.60. The number of ketones is 2. The van der Waals surface area contributed by atoms with Crippen LogP contribution in [0.2, 0.25) is 0 Å². The maximum absolute atomic E-state index is 12.8. The van der Waals surface area contributed by atoms with E-state index in [0.29, 0.717) is 6.42 Å². The molecule has 0 radical (unpaired) electrons. The standard InChI is InChI=1S/C20H22O3/c1-3-20-13(11-18(21)19(20)22)5-7-16-15-8-6-14(23-2)10-12(15)4-9-17(16)20/h6-8,10,13,17H,3-5,9,11H2,1-2H3/t13-,17-,20+/m1/s1. The quantitative estimate of drug-likeness (QED) is 0.784. The Balaban J connectivity index is 1.83. The highest BCUT2D eigenvalue weighted by Gasteiger charge is 2.59. The minimum Gasteiger partial charge on any atom is -0.497 e. The van der Waals surface area contributed by atoms with Gasteiger partial charge in [-0.05, 0) is 66.4 Å². The summed E-state index contributed by atoms with van der Waals surface area (Å²) >= 11 is 0. The Kier molecular flexibility index (Phi) is 3.22. The highest BCUT2D eigenvalue weighted by atomic mass is 16.5. The number of aryl methyl sites for hydroxylation is 1. The summed E-state index contributed by atoms with van der Waals surface area (Å²) < 4.78 is 5.34. The van der Waals surface area contributed by atoms with Crippen molar-refractivity contribution < 1.29 is 14.3 Å². The van der Waals surface area contributed by atoms with Crippen molar-refractivity contribution in [2.24, 2.45) is 17.3 Å². The molecule has 1 aromatic rings. The SMILES string of the molecule is CC[C@]12C(=O)C(=O)C[C@H]1CC=C1c3ccc(OC)cc3CC[C@H]12. The molecule has 3 aliphatic carbocycles. The van der Waals surface area contributed by atoms with Crippen molar-refractivity contribution in [3.63, 3.8) is 0 Å². The van der Waals surface area contributed by atoms with Gasteiger partial charge in [0.2, 0.25) is 5.78 Å². The molecule has 4 rings (SSSR count). The number of carbonyl (C=O) groups excluding carboxylic acids is 2. The second-order valence-corrected chi connectivity index (χ2v) is 7.06. The van der Waals surface area contributed by atoms with Gasteiger partial charge in [-0.2, -0.15) is 0 Å². The summed E-state index contributed by atoms with van der Waals surface area (Å²) in [4.78, 5) is 24.9. The van der Waals surface area contributed by atoms with Crippen LogP contribution in [0.25, 0.3) is 5.57 Å². The summed E-state index contributed by atoms with van der Waals surface area (Å²) in [6.07, 6.45) is 6.26. The first-order chi connectivity index (χ1) is 11.1. The van der Waals surface area contributed by atoms with Gasteiger partial charge in [-0.15, -0.1) is 0 Å². The number of hydrogen-bond donors (Lipinski definition) is 0. The summed E-state index contributed by atoms with van der Waals surface area (Å²) in [5.41, 5.74) is 3.39. The Bertz CT molecular complexity index is 730. The van der Waals surface area contributed by atoms with E-state index in [2.05, 4.69) is 25.1 Å². The van der Waals surface area contributed by atoms with Crippen molar-refractivity contribution >= 4 is 17.1 Å². The van der Waals surface area contributed by atoms with Gasteiger partial charge in [0.05, 0.1) is 7.11 Å². The Morgan fingerprint density at radius 2 is 2.13 bits per heavy atom. The van der Waals surface area contributed by atoms with Gasteiger partial charge in [-0.3, -0.25) is 9.59 Å². The fraction of sp³-hybridized carbons (Fsp3) is 0.500. The molecular weight excluding hydrogens is 288 g/mol. The first kappa shape index (κ1) is 14.7. The molecule has 3 atom stereocenters. The molecule has 120 valence electrons. The highest BCUT2D eigenvalue weighted by molar-refractivity contribution is 6.41. The molecule has 0 amide bonds. The fourth-order valence-electron chi connectivity index (χ4n) is 5.26. The lowest BCUT2D eigenvalue weighted by Crippen LogP contribution is -2.44. The van der Waals surface area contributed by atoms with Crippen molar-refractivity contribution in [3.05, 3.63) is 35.4 Å². The summed E-state index contributed by atoms with van der Waals surface area (Å²) in [7, 11) is 1.69. The molecule has 1 fully saturated rings. The van der Waals surface area contributed by atoms with Gasteiger partial charge in [-0.1, -0.05) is 19.1 Å². The zero-order valence-electron chi connectivity index (χ0n) is 13.7. The van der Waals surface area contributed by atoms with Crippen LogP contribution in [0.3, 0.4) is 0 Å². The molecule has 0 N–H and O–H groups in total. The van der Waals surface area contributed by atoms with Gasteiger partial charge >= 0.3 is 0 Å². The lowest BCUT2D eigenvalue weighted by atomic mass is 9.55. The molecule has 3 aliphatic rings. The molecule has 23 heavy (non-hydrogen) atoms. The number of Topliss-reactive ketones (excluding diaryl/α,β-unsaturated/α-hetero) is 2.